The summed E-state index contributed by atoms with van der Waals surface area (Å²) >= 11 is 3.31. The Balaban J connectivity index is 1.62. The highest BCUT2D eigenvalue weighted by atomic mass is 32.2. The molecule has 2 amide bonds. The molecule has 0 saturated carbocycles. The molecular formula is C23H26N4O3S2. The van der Waals surface area contributed by atoms with E-state index < -0.39 is 0 Å². The first kappa shape index (κ1) is 22.3. The SMILES string of the molecule is CCNC(=O)NCCCn1c(-c2ccc3c(c2)OCO3)csc1=Nc1ccc(SC)cc1. The average Bonchev–Trinajstić information content (AvgIpc) is 3.44. The van der Waals surface area contributed by atoms with Crippen LogP contribution in [0.15, 0.2) is 57.7 Å². The molecule has 168 valence electrons. The maximum Gasteiger partial charge on any atom is 0.314 e. The van der Waals surface area contributed by atoms with Crippen LogP contribution in [0.3, 0.4) is 0 Å². The average molecular weight is 471 g/mol. The van der Waals surface area contributed by atoms with E-state index >= 15 is 0 Å². The number of hydrogen-bond donors (Lipinski definition) is 2. The van der Waals surface area contributed by atoms with Crippen LogP contribution in [0.5, 0.6) is 11.5 Å². The van der Waals surface area contributed by atoms with E-state index in [2.05, 4.69) is 39.0 Å². The van der Waals surface area contributed by atoms with E-state index in [1.807, 2.05) is 37.3 Å². The lowest BCUT2D eigenvalue weighted by atomic mass is 10.1. The van der Waals surface area contributed by atoms with Gasteiger partial charge in [0.15, 0.2) is 16.3 Å². The monoisotopic (exact) mass is 470 g/mol. The number of thiazole rings is 1. The molecule has 0 fully saturated rings. The van der Waals surface area contributed by atoms with E-state index in [0.29, 0.717) is 13.1 Å². The summed E-state index contributed by atoms with van der Waals surface area (Å²) in [5, 5.41) is 7.76. The molecule has 0 spiro atoms. The van der Waals surface area contributed by atoms with Crippen LogP contribution in [0.4, 0.5) is 10.5 Å². The van der Waals surface area contributed by atoms with Gasteiger partial charge in [-0.15, -0.1) is 23.1 Å². The van der Waals surface area contributed by atoms with Gasteiger partial charge >= 0.3 is 6.03 Å². The molecule has 9 heteroatoms. The van der Waals surface area contributed by atoms with Crippen molar-refractivity contribution in [3.8, 4) is 22.8 Å². The van der Waals surface area contributed by atoms with E-state index in [1.54, 1.807) is 23.1 Å². The van der Waals surface area contributed by atoms with Gasteiger partial charge in [-0.3, -0.25) is 0 Å². The van der Waals surface area contributed by atoms with E-state index in [9.17, 15) is 4.79 Å². The summed E-state index contributed by atoms with van der Waals surface area (Å²) in [5.74, 6) is 1.52. The smallest absolute Gasteiger partial charge is 0.314 e. The number of carbonyl (C=O) groups is 1. The molecule has 0 saturated heterocycles. The number of nitrogens with one attached hydrogen (secondary N) is 2. The fraction of sp³-hybridized carbons (Fsp3) is 0.304. The van der Waals surface area contributed by atoms with Gasteiger partial charge < -0.3 is 24.7 Å². The molecule has 1 aliphatic heterocycles. The predicted molar refractivity (Wildman–Crippen MR) is 129 cm³/mol. The third-order valence-corrected chi connectivity index (χ3v) is 6.55. The first-order valence-electron chi connectivity index (χ1n) is 10.5. The number of ether oxygens (including phenoxy) is 2. The van der Waals surface area contributed by atoms with Crippen molar-refractivity contribution in [1.29, 1.82) is 0 Å². The lowest BCUT2D eigenvalue weighted by Crippen LogP contribution is -2.36. The maximum absolute atomic E-state index is 11.7. The largest absolute Gasteiger partial charge is 0.454 e. The number of rotatable bonds is 8. The molecule has 0 aliphatic carbocycles. The van der Waals surface area contributed by atoms with Crippen LogP contribution >= 0.6 is 23.1 Å². The first-order valence-corrected chi connectivity index (χ1v) is 12.6. The Hall–Kier alpha value is -2.91. The molecule has 1 aromatic heterocycles. The lowest BCUT2D eigenvalue weighted by molar-refractivity contribution is 0.174. The molecule has 4 rings (SSSR count). The first-order chi connectivity index (χ1) is 15.7. The van der Waals surface area contributed by atoms with Crippen molar-refractivity contribution in [3.05, 3.63) is 52.6 Å². The number of thioether (sulfide) groups is 1. The van der Waals surface area contributed by atoms with E-state index in [1.165, 1.54) is 4.90 Å². The quantitative estimate of drug-likeness (QED) is 0.372. The molecule has 7 nitrogen and oxygen atoms in total. The molecule has 0 atom stereocenters. The molecule has 0 unspecified atom stereocenters. The number of nitrogens with zero attached hydrogens (tertiary/aromatic N) is 2. The fourth-order valence-electron chi connectivity index (χ4n) is 3.35. The zero-order valence-electron chi connectivity index (χ0n) is 18.1. The number of hydrogen-bond acceptors (Lipinski definition) is 6. The molecule has 0 bridgehead atoms. The van der Waals surface area contributed by atoms with Crippen LogP contribution < -0.4 is 24.9 Å². The summed E-state index contributed by atoms with van der Waals surface area (Å²) in [6.45, 7) is 4.06. The highest BCUT2D eigenvalue weighted by Crippen LogP contribution is 2.36. The van der Waals surface area contributed by atoms with Crippen molar-refractivity contribution in [3.63, 3.8) is 0 Å². The predicted octanol–water partition coefficient (Wildman–Crippen LogP) is 4.61. The Kier molecular flexibility index (Phi) is 7.39. The normalized spacial score (nSPS) is 12.8. The van der Waals surface area contributed by atoms with E-state index in [-0.39, 0.29) is 12.8 Å². The highest BCUT2D eigenvalue weighted by Gasteiger charge is 2.16. The van der Waals surface area contributed by atoms with Crippen molar-refractivity contribution >= 4 is 34.8 Å². The van der Waals surface area contributed by atoms with Gasteiger partial charge in [-0.25, -0.2) is 9.79 Å². The second-order valence-corrected chi connectivity index (χ2v) is 8.79. The maximum atomic E-state index is 11.7. The topological polar surface area (TPSA) is 76.9 Å². The zero-order chi connectivity index (χ0) is 22.3. The third-order valence-electron chi connectivity index (χ3n) is 4.94. The Morgan fingerprint density at radius 1 is 1.16 bits per heavy atom. The number of aromatic nitrogens is 1. The minimum absolute atomic E-state index is 0.141. The fourth-order valence-corrected chi connectivity index (χ4v) is 4.71. The minimum atomic E-state index is -0.141. The zero-order valence-corrected chi connectivity index (χ0v) is 19.7. The molecule has 2 aromatic carbocycles. The van der Waals surface area contributed by atoms with Crippen LogP contribution in [-0.4, -0.2) is 36.7 Å². The van der Waals surface area contributed by atoms with E-state index in [4.69, 9.17) is 14.5 Å². The minimum Gasteiger partial charge on any atom is -0.454 e. The number of urea groups is 1. The number of fused-ring (bicyclic) bond motifs is 1. The van der Waals surface area contributed by atoms with Gasteiger partial charge in [-0.05, 0) is 62.1 Å². The molecule has 1 aliphatic rings. The van der Waals surface area contributed by atoms with Crippen LogP contribution in [-0.2, 0) is 6.54 Å². The molecule has 0 radical (unpaired) electrons. The van der Waals surface area contributed by atoms with Gasteiger partial charge in [0.2, 0.25) is 6.79 Å². The van der Waals surface area contributed by atoms with Crippen LogP contribution in [0, 0.1) is 0 Å². The van der Waals surface area contributed by atoms with Crippen LogP contribution in [0.2, 0.25) is 0 Å². The van der Waals surface area contributed by atoms with Gasteiger partial charge in [0, 0.05) is 35.5 Å². The second-order valence-electron chi connectivity index (χ2n) is 7.07. The van der Waals surface area contributed by atoms with Crippen molar-refractivity contribution in [1.82, 2.24) is 15.2 Å². The second kappa shape index (κ2) is 10.6. The Labute approximate surface area is 195 Å². The van der Waals surface area contributed by atoms with Crippen molar-refractivity contribution in [2.45, 2.75) is 24.8 Å². The summed E-state index contributed by atoms with van der Waals surface area (Å²) in [6.07, 6.45) is 2.84. The van der Waals surface area contributed by atoms with Gasteiger partial charge in [0.05, 0.1) is 11.4 Å². The van der Waals surface area contributed by atoms with Gasteiger partial charge in [0.25, 0.3) is 0 Å². The molecule has 2 heterocycles. The van der Waals surface area contributed by atoms with Gasteiger partial charge in [-0.1, -0.05) is 0 Å². The third kappa shape index (κ3) is 5.28. The van der Waals surface area contributed by atoms with Gasteiger partial charge in [0.1, 0.15) is 0 Å². The lowest BCUT2D eigenvalue weighted by Gasteiger charge is -2.11. The number of carbonyl (C=O) groups excluding carboxylic acids is 1. The summed E-state index contributed by atoms with van der Waals surface area (Å²) in [4.78, 5) is 18.7. The Bertz CT molecular complexity index is 1140. The molecule has 3 aromatic rings. The molecular weight excluding hydrogens is 444 g/mol. The van der Waals surface area contributed by atoms with Crippen LogP contribution in [0.25, 0.3) is 11.3 Å². The summed E-state index contributed by atoms with van der Waals surface area (Å²) in [6, 6.07) is 14.1. The number of amides is 2. The molecule has 2 N–H and O–H groups in total. The van der Waals surface area contributed by atoms with Crippen molar-refractivity contribution < 1.29 is 14.3 Å². The molecule has 32 heavy (non-hydrogen) atoms. The Morgan fingerprint density at radius 2 is 1.97 bits per heavy atom. The van der Waals surface area contributed by atoms with Gasteiger partial charge in [-0.2, -0.15) is 0 Å². The van der Waals surface area contributed by atoms with E-state index in [0.717, 1.165) is 46.2 Å². The van der Waals surface area contributed by atoms with Crippen molar-refractivity contribution in [2.24, 2.45) is 4.99 Å². The Morgan fingerprint density at radius 3 is 2.75 bits per heavy atom. The highest BCUT2D eigenvalue weighted by molar-refractivity contribution is 7.98. The van der Waals surface area contributed by atoms with Crippen LogP contribution in [0.1, 0.15) is 13.3 Å². The standard InChI is InChI=1S/C23H26N4O3S2/c1-3-24-22(28)25-11-4-12-27-19(16-5-10-20-21(13-16)30-15-29-20)14-32-23(27)26-17-6-8-18(31-2)9-7-17/h5-10,13-14H,3-4,11-12,15H2,1-2H3,(H2,24,25,28). The summed E-state index contributed by atoms with van der Waals surface area (Å²) in [5.41, 5.74) is 3.02. The van der Waals surface area contributed by atoms with Crippen molar-refractivity contribution in [2.75, 3.05) is 26.1 Å². The summed E-state index contributed by atoms with van der Waals surface area (Å²) < 4.78 is 13.2. The number of benzene rings is 2. The summed E-state index contributed by atoms with van der Waals surface area (Å²) in [7, 11) is 0.